The Morgan fingerprint density at radius 3 is 2.86 bits per heavy atom. The van der Waals surface area contributed by atoms with E-state index in [4.69, 9.17) is 0 Å². The van der Waals surface area contributed by atoms with E-state index in [-0.39, 0.29) is 12.1 Å². The van der Waals surface area contributed by atoms with E-state index in [9.17, 15) is 5.11 Å². The Bertz CT molecular complexity index is 274. The lowest BCUT2D eigenvalue weighted by Gasteiger charge is -2.15. The molecule has 0 saturated carbocycles. The summed E-state index contributed by atoms with van der Waals surface area (Å²) in [7, 11) is 1.91. The zero-order chi connectivity index (χ0) is 10.6. The minimum absolute atomic E-state index is 0.115. The molecule has 0 amide bonds. The van der Waals surface area contributed by atoms with Crippen molar-refractivity contribution in [3.8, 4) is 0 Å². The summed E-state index contributed by atoms with van der Waals surface area (Å²) in [5.74, 6) is 0.883. The number of nitrogens with one attached hydrogen (secondary N) is 1. The van der Waals surface area contributed by atoms with Gasteiger partial charge in [0.1, 0.15) is 12.2 Å². The molecule has 0 saturated heterocycles. The molecule has 2 unspecified atom stereocenters. The van der Waals surface area contributed by atoms with E-state index in [0.717, 1.165) is 12.2 Å². The van der Waals surface area contributed by atoms with Gasteiger partial charge in [0, 0.05) is 13.6 Å². The summed E-state index contributed by atoms with van der Waals surface area (Å²) in [6, 6.07) is 0.115. The zero-order valence-electron chi connectivity index (χ0n) is 8.94. The molecule has 0 aliphatic rings. The summed E-state index contributed by atoms with van der Waals surface area (Å²) >= 11 is 0. The standard InChI is InChI=1S/C9H18N4O/c1-4-8(14)5-10-7(2)9-12-11-6-13(9)3/h6-8,10,14H,4-5H2,1-3H3. The number of rotatable bonds is 5. The van der Waals surface area contributed by atoms with Crippen LogP contribution in [0.3, 0.4) is 0 Å². The van der Waals surface area contributed by atoms with Gasteiger partial charge in [-0.15, -0.1) is 10.2 Å². The molecule has 5 nitrogen and oxygen atoms in total. The zero-order valence-corrected chi connectivity index (χ0v) is 8.94. The smallest absolute Gasteiger partial charge is 0.149 e. The van der Waals surface area contributed by atoms with Gasteiger partial charge in [0.15, 0.2) is 0 Å². The van der Waals surface area contributed by atoms with Crippen molar-refractivity contribution in [2.45, 2.75) is 32.4 Å². The van der Waals surface area contributed by atoms with Crippen molar-refractivity contribution in [2.24, 2.45) is 7.05 Å². The van der Waals surface area contributed by atoms with Crippen molar-refractivity contribution in [1.82, 2.24) is 20.1 Å². The van der Waals surface area contributed by atoms with Crippen LogP contribution < -0.4 is 5.32 Å². The molecular weight excluding hydrogens is 180 g/mol. The van der Waals surface area contributed by atoms with Crippen LogP contribution in [0.1, 0.15) is 32.1 Å². The average Bonchev–Trinajstić information content (AvgIpc) is 2.60. The number of aryl methyl sites for hydroxylation is 1. The fourth-order valence-corrected chi connectivity index (χ4v) is 1.23. The Labute approximate surface area is 84.2 Å². The number of aliphatic hydroxyl groups is 1. The molecule has 0 radical (unpaired) electrons. The van der Waals surface area contributed by atoms with Gasteiger partial charge >= 0.3 is 0 Å². The lowest BCUT2D eigenvalue weighted by atomic mass is 10.2. The quantitative estimate of drug-likeness (QED) is 0.711. The third-order valence-electron chi connectivity index (χ3n) is 2.26. The first-order valence-electron chi connectivity index (χ1n) is 4.90. The minimum atomic E-state index is -0.286. The molecule has 0 aliphatic carbocycles. The van der Waals surface area contributed by atoms with Gasteiger partial charge in [-0.05, 0) is 13.3 Å². The van der Waals surface area contributed by atoms with Gasteiger partial charge in [0.25, 0.3) is 0 Å². The van der Waals surface area contributed by atoms with Gasteiger partial charge in [-0.1, -0.05) is 6.92 Å². The third kappa shape index (κ3) is 2.78. The van der Waals surface area contributed by atoms with E-state index >= 15 is 0 Å². The molecule has 5 heteroatoms. The van der Waals surface area contributed by atoms with E-state index < -0.39 is 0 Å². The minimum Gasteiger partial charge on any atom is -0.392 e. The Morgan fingerprint density at radius 1 is 1.64 bits per heavy atom. The summed E-state index contributed by atoms with van der Waals surface area (Å²) in [5.41, 5.74) is 0. The summed E-state index contributed by atoms with van der Waals surface area (Å²) in [5, 5.41) is 20.4. The maximum Gasteiger partial charge on any atom is 0.149 e. The maximum absolute atomic E-state index is 9.37. The molecule has 1 aromatic rings. The second-order valence-corrected chi connectivity index (χ2v) is 3.49. The van der Waals surface area contributed by atoms with Crippen LogP contribution in [-0.4, -0.2) is 32.5 Å². The predicted molar refractivity (Wildman–Crippen MR) is 53.7 cm³/mol. The van der Waals surface area contributed by atoms with Crippen LogP contribution in [0.25, 0.3) is 0 Å². The number of hydrogen-bond donors (Lipinski definition) is 2. The summed E-state index contributed by atoms with van der Waals surface area (Å²) < 4.78 is 1.87. The van der Waals surface area contributed by atoms with Crippen molar-refractivity contribution in [3.05, 3.63) is 12.2 Å². The van der Waals surface area contributed by atoms with Crippen molar-refractivity contribution in [3.63, 3.8) is 0 Å². The van der Waals surface area contributed by atoms with Crippen LogP contribution >= 0.6 is 0 Å². The number of aromatic nitrogens is 3. The number of hydrogen-bond acceptors (Lipinski definition) is 4. The summed E-state index contributed by atoms with van der Waals surface area (Å²) in [4.78, 5) is 0. The second kappa shape index (κ2) is 5.07. The number of aliphatic hydroxyl groups excluding tert-OH is 1. The Hall–Kier alpha value is -0.940. The average molecular weight is 198 g/mol. The molecule has 0 bridgehead atoms. The van der Waals surface area contributed by atoms with Gasteiger partial charge in [0.2, 0.25) is 0 Å². The summed E-state index contributed by atoms with van der Waals surface area (Å²) in [6.45, 7) is 4.55. The molecule has 2 atom stereocenters. The molecule has 1 aromatic heterocycles. The van der Waals surface area contributed by atoms with Crippen LogP contribution in [0.5, 0.6) is 0 Å². The first-order chi connectivity index (χ1) is 6.65. The van der Waals surface area contributed by atoms with Gasteiger partial charge in [-0.25, -0.2) is 0 Å². The first-order valence-corrected chi connectivity index (χ1v) is 4.90. The highest BCUT2D eigenvalue weighted by Crippen LogP contribution is 2.06. The van der Waals surface area contributed by atoms with Crippen molar-refractivity contribution < 1.29 is 5.11 Å². The van der Waals surface area contributed by atoms with Crippen LogP contribution in [0.2, 0.25) is 0 Å². The molecule has 14 heavy (non-hydrogen) atoms. The van der Waals surface area contributed by atoms with Crippen molar-refractivity contribution in [1.29, 1.82) is 0 Å². The van der Waals surface area contributed by atoms with Crippen LogP contribution in [-0.2, 0) is 7.05 Å². The van der Waals surface area contributed by atoms with E-state index in [1.807, 2.05) is 25.5 Å². The molecule has 0 spiro atoms. The molecular formula is C9H18N4O. The molecule has 1 heterocycles. The van der Waals surface area contributed by atoms with Gasteiger partial charge in [0.05, 0.1) is 12.1 Å². The van der Waals surface area contributed by atoms with E-state index in [2.05, 4.69) is 15.5 Å². The molecule has 1 rings (SSSR count). The predicted octanol–water partition coefficient (Wildman–Crippen LogP) is 0.237. The van der Waals surface area contributed by atoms with Crippen LogP contribution in [0, 0.1) is 0 Å². The third-order valence-corrected chi connectivity index (χ3v) is 2.26. The Morgan fingerprint density at radius 2 is 2.36 bits per heavy atom. The highest BCUT2D eigenvalue weighted by Gasteiger charge is 2.11. The van der Waals surface area contributed by atoms with Gasteiger partial charge in [-0.3, -0.25) is 0 Å². The molecule has 0 aliphatic heterocycles. The summed E-state index contributed by atoms with van der Waals surface area (Å²) in [6.07, 6.45) is 2.15. The molecule has 0 aromatic carbocycles. The van der Waals surface area contributed by atoms with Crippen LogP contribution in [0.4, 0.5) is 0 Å². The second-order valence-electron chi connectivity index (χ2n) is 3.49. The molecule has 0 fully saturated rings. The van der Waals surface area contributed by atoms with E-state index in [1.165, 1.54) is 0 Å². The van der Waals surface area contributed by atoms with Gasteiger partial charge < -0.3 is 15.0 Å². The maximum atomic E-state index is 9.37. The SMILES string of the molecule is CCC(O)CNC(C)c1nncn1C. The van der Waals surface area contributed by atoms with Crippen molar-refractivity contribution >= 4 is 0 Å². The fourth-order valence-electron chi connectivity index (χ4n) is 1.23. The normalized spacial score (nSPS) is 15.4. The molecule has 2 N–H and O–H groups in total. The first kappa shape index (κ1) is 11.1. The molecule has 80 valence electrons. The topological polar surface area (TPSA) is 63.0 Å². The Kier molecular flexibility index (Phi) is 4.03. The number of nitrogens with zero attached hydrogens (tertiary/aromatic N) is 3. The Balaban J connectivity index is 2.43. The largest absolute Gasteiger partial charge is 0.392 e. The lowest BCUT2D eigenvalue weighted by Crippen LogP contribution is -2.29. The highest BCUT2D eigenvalue weighted by atomic mass is 16.3. The lowest BCUT2D eigenvalue weighted by molar-refractivity contribution is 0.163. The van der Waals surface area contributed by atoms with Crippen LogP contribution in [0.15, 0.2) is 6.33 Å². The highest BCUT2D eigenvalue weighted by molar-refractivity contribution is 4.91. The van der Waals surface area contributed by atoms with E-state index in [0.29, 0.717) is 6.54 Å². The van der Waals surface area contributed by atoms with Crippen molar-refractivity contribution in [2.75, 3.05) is 6.54 Å². The monoisotopic (exact) mass is 198 g/mol. The van der Waals surface area contributed by atoms with E-state index in [1.54, 1.807) is 6.33 Å². The van der Waals surface area contributed by atoms with Gasteiger partial charge in [-0.2, -0.15) is 0 Å². The fraction of sp³-hybridized carbons (Fsp3) is 0.778.